The first-order valence-corrected chi connectivity index (χ1v) is 11.3. The van der Waals surface area contributed by atoms with Crippen molar-refractivity contribution in [2.45, 2.75) is 13.3 Å². The molecular formula is C24H27ClFN7O. The number of fused-ring (bicyclic) bond motifs is 1. The van der Waals surface area contributed by atoms with Crippen LogP contribution in [0.15, 0.2) is 42.7 Å². The molecule has 0 aliphatic carbocycles. The van der Waals surface area contributed by atoms with Crippen LogP contribution in [0.2, 0.25) is 0 Å². The number of aromatic nitrogens is 3. The summed E-state index contributed by atoms with van der Waals surface area (Å²) in [6.45, 7) is 7.12. The van der Waals surface area contributed by atoms with Crippen LogP contribution in [0.25, 0.3) is 11.3 Å². The lowest BCUT2D eigenvalue weighted by molar-refractivity contribution is 0.0749. The largest absolute Gasteiger partial charge is 0.368 e. The first-order chi connectivity index (χ1) is 16.1. The van der Waals surface area contributed by atoms with Gasteiger partial charge in [-0.25, -0.2) is 19.3 Å². The van der Waals surface area contributed by atoms with Crippen molar-refractivity contribution in [3.63, 3.8) is 0 Å². The molecular weight excluding hydrogens is 457 g/mol. The molecule has 178 valence electrons. The maximum Gasteiger partial charge on any atom is 0.254 e. The van der Waals surface area contributed by atoms with Gasteiger partial charge in [-0.15, -0.1) is 12.4 Å². The average Bonchev–Trinajstić information content (AvgIpc) is 2.86. The fraction of sp³-hybridized carbons (Fsp3) is 0.333. The van der Waals surface area contributed by atoms with Crippen molar-refractivity contribution < 1.29 is 9.18 Å². The number of nitrogens with one attached hydrogen (secondary N) is 2. The lowest BCUT2D eigenvalue weighted by Crippen LogP contribution is -2.43. The van der Waals surface area contributed by atoms with Gasteiger partial charge in [0, 0.05) is 50.4 Å². The average molecular weight is 484 g/mol. The summed E-state index contributed by atoms with van der Waals surface area (Å²) in [7, 11) is 0. The lowest BCUT2D eigenvalue weighted by Gasteiger charge is -2.29. The molecule has 1 saturated heterocycles. The minimum Gasteiger partial charge on any atom is -0.368 e. The van der Waals surface area contributed by atoms with E-state index < -0.39 is 5.82 Å². The van der Waals surface area contributed by atoms with Crippen LogP contribution < -0.4 is 15.5 Å². The molecule has 0 unspecified atom stereocenters. The van der Waals surface area contributed by atoms with Crippen molar-refractivity contribution in [2.24, 2.45) is 0 Å². The Morgan fingerprint density at radius 3 is 2.65 bits per heavy atom. The first kappa shape index (κ1) is 23.8. The molecule has 3 aromatic rings. The van der Waals surface area contributed by atoms with Gasteiger partial charge in [-0.05, 0) is 43.2 Å². The molecule has 1 fully saturated rings. The van der Waals surface area contributed by atoms with Crippen molar-refractivity contribution in [1.29, 1.82) is 0 Å². The maximum absolute atomic E-state index is 14.6. The van der Waals surface area contributed by atoms with E-state index in [0.717, 1.165) is 50.0 Å². The van der Waals surface area contributed by atoms with Gasteiger partial charge in [0.2, 0.25) is 5.95 Å². The van der Waals surface area contributed by atoms with E-state index in [4.69, 9.17) is 0 Å². The molecule has 1 aromatic carbocycles. The quantitative estimate of drug-likeness (QED) is 0.576. The minimum atomic E-state index is -0.514. The zero-order valence-corrected chi connectivity index (χ0v) is 19.7. The smallest absolute Gasteiger partial charge is 0.254 e. The number of likely N-dealkylation sites (N-methyl/N-ethyl adjacent to an activating group) is 1. The van der Waals surface area contributed by atoms with E-state index in [0.29, 0.717) is 30.0 Å². The second kappa shape index (κ2) is 10.3. The molecule has 2 aliphatic rings. The highest BCUT2D eigenvalue weighted by Crippen LogP contribution is 2.28. The molecule has 0 atom stereocenters. The maximum atomic E-state index is 14.6. The zero-order valence-electron chi connectivity index (χ0n) is 18.9. The van der Waals surface area contributed by atoms with Crippen LogP contribution in [-0.4, -0.2) is 65.0 Å². The number of carbonyl (C=O) groups excluding carboxylic acids is 1. The highest BCUT2D eigenvalue weighted by molar-refractivity contribution is 5.97. The van der Waals surface area contributed by atoms with E-state index >= 15 is 0 Å². The summed E-state index contributed by atoms with van der Waals surface area (Å²) in [4.78, 5) is 29.6. The number of anilines is 3. The third kappa shape index (κ3) is 4.80. The predicted octanol–water partition coefficient (Wildman–Crippen LogP) is 3.27. The monoisotopic (exact) mass is 483 g/mol. The van der Waals surface area contributed by atoms with E-state index in [1.165, 1.54) is 0 Å². The fourth-order valence-electron chi connectivity index (χ4n) is 4.30. The number of hydrogen-bond donors (Lipinski definition) is 2. The number of halogens is 2. The molecule has 2 N–H and O–H groups in total. The Labute approximate surface area is 204 Å². The van der Waals surface area contributed by atoms with Gasteiger partial charge in [-0.1, -0.05) is 6.07 Å². The fourth-order valence-corrected chi connectivity index (χ4v) is 4.30. The summed E-state index contributed by atoms with van der Waals surface area (Å²) in [6, 6.07) is 9.24. The van der Waals surface area contributed by atoms with Crippen LogP contribution in [-0.2, 0) is 6.42 Å². The Kier molecular flexibility index (Phi) is 7.23. The molecule has 0 radical (unpaired) electrons. The van der Waals surface area contributed by atoms with Crippen LogP contribution >= 0.6 is 12.4 Å². The number of amides is 1. The van der Waals surface area contributed by atoms with Crippen LogP contribution in [0, 0.1) is 5.82 Å². The third-order valence-electron chi connectivity index (χ3n) is 6.14. The van der Waals surface area contributed by atoms with Gasteiger partial charge in [0.1, 0.15) is 11.5 Å². The lowest BCUT2D eigenvalue weighted by atomic mass is 9.95. The van der Waals surface area contributed by atoms with Crippen LogP contribution in [0.3, 0.4) is 0 Å². The van der Waals surface area contributed by atoms with Gasteiger partial charge in [0.15, 0.2) is 5.82 Å². The van der Waals surface area contributed by atoms with Crippen molar-refractivity contribution >= 4 is 35.8 Å². The van der Waals surface area contributed by atoms with Gasteiger partial charge >= 0.3 is 0 Å². The molecule has 8 nitrogen and oxygen atoms in total. The standard InChI is InChI=1S/C24H26FN7O.ClH/c1-2-31-10-7-16-13-17(3-5-19(16)23(31)33)22-20(25)15-28-24(30-22)29-21-6-4-18(14-27-21)32-11-8-26-9-12-32;/h3-6,13-15,26H,2,7-12H2,1H3,(H,27,28,29,30);1H. The molecule has 1 amide bonds. The van der Waals surface area contributed by atoms with Crippen LogP contribution in [0.1, 0.15) is 22.8 Å². The molecule has 2 aliphatic heterocycles. The molecule has 2 aromatic heterocycles. The Bertz CT molecular complexity index is 1170. The number of pyridine rings is 1. The summed E-state index contributed by atoms with van der Waals surface area (Å²) in [5.74, 6) is 0.355. The normalized spacial score (nSPS) is 15.5. The molecule has 0 saturated carbocycles. The van der Waals surface area contributed by atoms with Gasteiger partial charge in [0.25, 0.3) is 5.91 Å². The Morgan fingerprint density at radius 2 is 1.91 bits per heavy atom. The molecule has 5 rings (SSSR count). The Balaban J connectivity index is 0.00000274. The Morgan fingerprint density at radius 1 is 1.09 bits per heavy atom. The van der Waals surface area contributed by atoms with Gasteiger partial charge in [-0.3, -0.25) is 4.79 Å². The number of benzene rings is 1. The summed E-state index contributed by atoms with van der Waals surface area (Å²) in [5.41, 5.74) is 3.47. The zero-order chi connectivity index (χ0) is 22.8. The summed E-state index contributed by atoms with van der Waals surface area (Å²) >= 11 is 0. The number of piperazine rings is 1. The van der Waals surface area contributed by atoms with Crippen LogP contribution in [0.5, 0.6) is 0 Å². The molecule has 0 bridgehead atoms. The SMILES string of the molecule is CCN1CCc2cc(-c3nc(Nc4ccc(N5CCNCC5)cn4)ncc3F)ccc2C1=O.Cl. The topological polar surface area (TPSA) is 86.3 Å². The highest BCUT2D eigenvalue weighted by Gasteiger charge is 2.24. The molecule has 0 spiro atoms. The molecule has 10 heteroatoms. The van der Waals surface area contributed by atoms with Gasteiger partial charge in [0.05, 0.1) is 18.1 Å². The van der Waals surface area contributed by atoms with Crippen molar-refractivity contribution in [1.82, 2.24) is 25.2 Å². The summed E-state index contributed by atoms with van der Waals surface area (Å²) in [6.07, 6.45) is 3.71. The van der Waals surface area contributed by atoms with E-state index in [1.54, 1.807) is 12.1 Å². The summed E-state index contributed by atoms with van der Waals surface area (Å²) < 4.78 is 14.6. The van der Waals surface area contributed by atoms with E-state index in [2.05, 4.69) is 30.5 Å². The second-order valence-electron chi connectivity index (χ2n) is 8.16. The third-order valence-corrected chi connectivity index (χ3v) is 6.14. The molecule has 34 heavy (non-hydrogen) atoms. The predicted molar refractivity (Wildman–Crippen MR) is 133 cm³/mol. The number of hydrogen-bond acceptors (Lipinski definition) is 7. The van der Waals surface area contributed by atoms with Gasteiger partial charge < -0.3 is 20.4 Å². The first-order valence-electron chi connectivity index (χ1n) is 11.3. The summed E-state index contributed by atoms with van der Waals surface area (Å²) in [5, 5.41) is 6.40. The number of rotatable bonds is 5. The number of nitrogens with zero attached hydrogens (tertiary/aromatic N) is 5. The Hall–Kier alpha value is -3.30. The van der Waals surface area contributed by atoms with E-state index in [9.17, 15) is 9.18 Å². The second-order valence-corrected chi connectivity index (χ2v) is 8.16. The highest BCUT2D eigenvalue weighted by atomic mass is 35.5. The van der Waals surface area contributed by atoms with E-state index in [-0.39, 0.29) is 30.0 Å². The minimum absolute atomic E-state index is 0. The van der Waals surface area contributed by atoms with Gasteiger partial charge in [-0.2, -0.15) is 0 Å². The van der Waals surface area contributed by atoms with Crippen LogP contribution in [0.4, 0.5) is 21.8 Å². The number of carbonyl (C=O) groups is 1. The van der Waals surface area contributed by atoms with Crippen molar-refractivity contribution in [3.05, 3.63) is 59.7 Å². The van der Waals surface area contributed by atoms with E-state index in [1.807, 2.05) is 36.2 Å². The van der Waals surface area contributed by atoms with Crippen molar-refractivity contribution in [2.75, 3.05) is 49.5 Å². The molecule has 4 heterocycles. The van der Waals surface area contributed by atoms with Crippen molar-refractivity contribution in [3.8, 4) is 11.3 Å².